The van der Waals surface area contributed by atoms with Crippen molar-refractivity contribution >= 4 is 39.4 Å². The number of H-pyrrole nitrogens is 1. The van der Waals surface area contributed by atoms with Gasteiger partial charge < -0.3 is 9.88 Å². The summed E-state index contributed by atoms with van der Waals surface area (Å²) in [5.41, 5.74) is 0.714. The van der Waals surface area contributed by atoms with Crippen LogP contribution in [0.15, 0.2) is 21.3 Å². The number of aromatic nitrogens is 4. The van der Waals surface area contributed by atoms with E-state index in [1.165, 1.54) is 17.0 Å². The van der Waals surface area contributed by atoms with Crippen molar-refractivity contribution in [3.05, 3.63) is 16.8 Å². The smallest absolute Gasteiger partial charge is 0.340 e. The first kappa shape index (κ1) is 11.4. The molecule has 0 aliphatic rings. The van der Waals surface area contributed by atoms with E-state index in [9.17, 15) is 4.79 Å². The second-order valence-electron chi connectivity index (χ2n) is 3.17. The summed E-state index contributed by atoms with van der Waals surface area (Å²) in [6.45, 7) is 3.23. The lowest BCUT2D eigenvalue weighted by Gasteiger charge is -2.12. The van der Waals surface area contributed by atoms with Gasteiger partial charge in [-0.2, -0.15) is 10.1 Å². The third-order valence-electron chi connectivity index (χ3n) is 2.12. The number of imidazole rings is 1. The third kappa shape index (κ3) is 1.94. The molecule has 17 heavy (non-hydrogen) atoms. The van der Waals surface area contributed by atoms with Crippen molar-refractivity contribution in [1.29, 1.82) is 0 Å². The molecule has 0 aliphatic heterocycles. The highest BCUT2D eigenvalue weighted by Crippen LogP contribution is 2.18. The van der Waals surface area contributed by atoms with Gasteiger partial charge in [0.1, 0.15) is 11.9 Å². The summed E-state index contributed by atoms with van der Waals surface area (Å²) in [4.78, 5) is 24.0. The van der Waals surface area contributed by atoms with Crippen LogP contribution >= 0.6 is 9.39 Å². The Balaban J connectivity index is 2.65. The Bertz CT molecular complexity index is 643. The highest BCUT2D eigenvalue weighted by atomic mass is 31.0. The first-order chi connectivity index (χ1) is 8.15. The molecule has 0 radical (unpaired) electrons. The van der Waals surface area contributed by atoms with E-state index in [2.05, 4.69) is 41.3 Å². The van der Waals surface area contributed by atoms with E-state index >= 15 is 0 Å². The molecule has 0 bridgehead atoms. The van der Waals surface area contributed by atoms with E-state index in [4.69, 9.17) is 0 Å². The van der Waals surface area contributed by atoms with Crippen LogP contribution in [0.25, 0.3) is 11.2 Å². The molecule has 0 aromatic carbocycles. The number of rotatable bonds is 3. The fraction of sp³-hybridized carbons (Fsp3) is 0.125. The lowest BCUT2D eigenvalue weighted by molar-refractivity contribution is 1.03. The fourth-order valence-electron chi connectivity index (χ4n) is 1.35. The lowest BCUT2D eigenvalue weighted by atomic mass is 10.5. The molecule has 0 fully saturated rings. The van der Waals surface area contributed by atoms with Crippen LogP contribution in [0.5, 0.6) is 0 Å². The first-order valence-corrected chi connectivity index (χ1v) is 5.10. The highest BCUT2D eigenvalue weighted by molar-refractivity contribution is 7.14. The highest BCUT2D eigenvalue weighted by Gasteiger charge is 2.12. The zero-order chi connectivity index (χ0) is 12.4. The summed E-state index contributed by atoms with van der Waals surface area (Å²) in [7, 11) is 3.96. The van der Waals surface area contributed by atoms with Gasteiger partial charge in [0.15, 0.2) is 11.5 Å². The summed E-state index contributed by atoms with van der Waals surface area (Å²) in [6.07, 6.45) is 2.90. The molecule has 8 nitrogen and oxygen atoms in total. The molecule has 0 spiro atoms. The Morgan fingerprint density at radius 3 is 3.18 bits per heavy atom. The number of nitrogens with zero attached hydrogens (tertiary/aromatic N) is 6. The molecule has 1 N–H and O–H groups in total. The van der Waals surface area contributed by atoms with Gasteiger partial charge in [0.05, 0.1) is 6.33 Å². The number of anilines is 1. The Morgan fingerprint density at radius 1 is 1.71 bits per heavy atom. The number of hydrogen-bond acceptors (Lipinski definition) is 5. The maximum absolute atomic E-state index is 11.6. The monoisotopic (exact) mass is 251 g/mol. The molecular weight excluding hydrogens is 241 g/mol. The van der Waals surface area contributed by atoms with Gasteiger partial charge in [0.2, 0.25) is 0 Å². The standard InChI is InChI=1S/C8H10N7OP/c1-9-12-4-14(2)7-5-6(11-3-10-5)15(17)8(16)13-7/h3-4H,1,17H2,2H3,(H,10,11)/b12-4-. The molecule has 0 saturated carbocycles. The molecule has 1 atom stereocenters. The minimum absolute atomic E-state index is 0.420. The molecule has 1 unspecified atom stereocenters. The van der Waals surface area contributed by atoms with Gasteiger partial charge in [-0.05, 0) is 9.39 Å². The van der Waals surface area contributed by atoms with Crippen molar-refractivity contribution in [3.8, 4) is 0 Å². The van der Waals surface area contributed by atoms with Crippen LogP contribution in [0.2, 0.25) is 0 Å². The Kier molecular flexibility index (Phi) is 2.97. The predicted molar refractivity (Wildman–Crippen MR) is 69.7 cm³/mol. The molecule has 2 aromatic heterocycles. The van der Waals surface area contributed by atoms with Crippen LogP contribution in [0.1, 0.15) is 0 Å². The summed E-state index contributed by atoms with van der Waals surface area (Å²) < 4.78 is 1.28. The fourth-order valence-corrected chi connectivity index (χ4v) is 1.60. The van der Waals surface area contributed by atoms with E-state index in [0.29, 0.717) is 17.0 Å². The summed E-state index contributed by atoms with van der Waals surface area (Å²) in [5.74, 6) is 0.425. The molecule has 2 aromatic rings. The summed E-state index contributed by atoms with van der Waals surface area (Å²) >= 11 is 0. The average Bonchev–Trinajstić information content (AvgIpc) is 2.80. The molecule has 0 saturated heterocycles. The van der Waals surface area contributed by atoms with Crippen LogP contribution < -0.4 is 10.6 Å². The van der Waals surface area contributed by atoms with Crippen molar-refractivity contribution in [2.24, 2.45) is 10.2 Å². The number of fused-ring (bicyclic) bond motifs is 1. The largest absolute Gasteiger partial charge is 0.354 e. The zero-order valence-electron chi connectivity index (χ0n) is 9.03. The summed E-state index contributed by atoms with van der Waals surface area (Å²) in [6, 6.07) is 0. The number of nitrogens with one attached hydrogen (secondary N) is 1. The van der Waals surface area contributed by atoms with Crippen molar-refractivity contribution < 1.29 is 0 Å². The van der Waals surface area contributed by atoms with E-state index in [1.807, 2.05) is 0 Å². The normalized spacial score (nSPS) is 11.2. The second-order valence-corrected chi connectivity index (χ2v) is 3.69. The van der Waals surface area contributed by atoms with Gasteiger partial charge in [0, 0.05) is 13.8 Å². The quantitative estimate of drug-likeness (QED) is 0.355. The molecule has 2 rings (SSSR count). The molecular formula is C8H10N7OP. The van der Waals surface area contributed by atoms with Gasteiger partial charge in [-0.25, -0.2) is 9.78 Å². The number of aromatic amines is 1. The Hall–Kier alpha value is -2.08. The molecule has 0 amide bonds. The van der Waals surface area contributed by atoms with Gasteiger partial charge >= 0.3 is 5.69 Å². The van der Waals surface area contributed by atoms with Gasteiger partial charge in [0.25, 0.3) is 0 Å². The van der Waals surface area contributed by atoms with Crippen molar-refractivity contribution in [1.82, 2.24) is 19.3 Å². The molecule has 88 valence electrons. The van der Waals surface area contributed by atoms with Crippen molar-refractivity contribution in [2.45, 2.75) is 0 Å². The van der Waals surface area contributed by atoms with Crippen LogP contribution in [0, 0.1) is 0 Å². The van der Waals surface area contributed by atoms with E-state index < -0.39 is 5.69 Å². The van der Waals surface area contributed by atoms with E-state index in [-0.39, 0.29) is 0 Å². The third-order valence-corrected chi connectivity index (χ3v) is 2.58. The first-order valence-electron chi connectivity index (χ1n) is 4.58. The van der Waals surface area contributed by atoms with E-state index in [1.54, 1.807) is 11.9 Å². The van der Waals surface area contributed by atoms with Crippen LogP contribution in [-0.4, -0.2) is 39.4 Å². The van der Waals surface area contributed by atoms with Crippen LogP contribution in [-0.2, 0) is 0 Å². The average molecular weight is 251 g/mol. The Morgan fingerprint density at radius 2 is 2.47 bits per heavy atom. The van der Waals surface area contributed by atoms with Crippen LogP contribution in [0.3, 0.4) is 0 Å². The molecule has 9 heteroatoms. The van der Waals surface area contributed by atoms with Gasteiger partial charge in [-0.15, -0.1) is 5.10 Å². The minimum atomic E-state index is -0.420. The van der Waals surface area contributed by atoms with Crippen molar-refractivity contribution in [2.75, 3.05) is 11.9 Å². The second kappa shape index (κ2) is 4.42. The van der Waals surface area contributed by atoms with Gasteiger partial charge in [-0.3, -0.25) is 4.34 Å². The zero-order valence-corrected chi connectivity index (χ0v) is 10.2. The summed E-state index contributed by atoms with van der Waals surface area (Å²) in [5, 5.41) is 6.96. The van der Waals surface area contributed by atoms with E-state index in [0.717, 1.165) is 0 Å². The van der Waals surface area contributed by atoms with Gasteiger partial charge in [-0.1, -0.05) is 0 Å². The molecule has 2 heterocycles. The predicted octanol–water partition coefficient (Wildman–Crippen LogP) is -0.162. The minimum Gasteiger partial charge on any atom is -0.340 e. The maximum atomic E-state index is 11.6. The van der Waals surface area contributed by atoms with Crippen molar-refractivity contribution in [3.63, 3.8) is 0 Å². The number of hydrogen-bond donors (Lipinski definition) is 1. The maximum Gasteiger partial charge on any atom is 0.354 e. The van der Waals surface area contributed by atoms with Crippen LogP contribution in [0.4, 0.5) is 5.82 Å². The SMILES string of the molecule is C=N/N=C\N(C)c1nc(=O)n(P)c2nc[nH]c12. The Labute approximate surface area is 98.4 Å². The lowest BCUT2D eigenvalue weighted by Crippen LogP contribution is -2.24. The topological polar surface area (TPSA) is 91.5 Å². The molecule has 0 aliphatic carbocycles.